The highest BCUT2D eigenvalue weighted by atomic mass is 16.5. The van der Waals surface area contributed by atoms with E-state index in [9.17, 15) is 4.79 Å². The minimum Gasteiger partial charge on any atom is -0.376 e. The van der Waals surface area contributed by atoms with E-state index in [2.05, 4.69) is 18.4 Å². The Hall–Kier alpha value is -1.09. The monoisotopic (exact) mass is 235 g/mol. The summed E-state index contributed by atoms with van der Waals surface area (Å²) in [4.78, 5) is 11.2. The number of carbonyl (C=O) groups excluding carboxylic acids is 1. The second-order valence-electron chi connectivity index (χ2n) is 4.78. The highest BCUT2D eigenvalue weighted by Gasteiger charge is 2.21. The molecule has 1 aromatic heterocycles. The zero-order valence-electron chi connectivity index (χ0n) is 11.0. The molecule has 0 bridgehead atoms. The highest BCUT2D eigenvalue weighted by Crippen LogP contribution is 2.24. The van der Waals surface area contributed by atoms with Gasteiger partial charge in [-0.05, 0) is 38.7 Å². The Labute approximate surface area is 103 Å². The van der Waals surface area contributed by atoms with Crippen molar-refractivity contribution in [1.82, 2.24) is 4.57 Å². The lowest BCUT2D eigenvalue weighted by molar-refractivity contribution is 0.0960. The summed E-state index contributed by atoms with van der Waals surface area (Å²) in [5.41, 5.74) is 4.38. The van der Waals surface area contributed by atoms with E-state index >= 15 is 0 Å². The van der Waals surface area contributed by atoms with Crippen molar-refractivity contribution >= 4 is 6.29 Å². The summed E-state index contributed by atoms with van der Waals surface area (Å²) in [7, 11) is 0. The predicted octanol–water partition coefficient (Wildman–Crippen LogP) is 2.66. The molecule has 1 fully saturated rings. The molecular weight excluding hydrogens is 214 g/mol. The molecule has 0 spiro atoms. The largest absolute Gasteiger partial charge is 0.376 e. The Bertz CT molecular complexity index is 414. The van der Waals surface area contributed by atoms with Crippen LogP contribution in [0.3, 0.4) is 0 Å². The van der Waals surface area contributed by atoms with Crippen LogP contribution >= 0.6 is 0 Å². The van der Waals surface area contributed by atoms with Crippen LogP contribution in [0, 0.1) is 13.8 Å². The van der Waals surface area contributed by atoms with Gasteiger partial charge in [-0.15, -0.1) is 0 Å². The van der Waals surface area contributed by atoms with Gasteiger partial charge in [0.1, 0.15) is 0 Å². The molecule has 0 radical (unpaired) electrons. The van der Waals surface area contributed by atoms with Crippen LogP contribution in [0.4, 0.5) is 0 Å². The van der Waals surface area contributed by atoms with Crippen LogP contribution in [0.5, 0.6) is 0 Å². The van der Waals surface area contributed by atoms with Crippen molar-refractivity contribution in [2.24, 2.45) is 0 Å². The lowest BCUT2D eigenvalue weighted by Gasteiger charge is -2.14. The van der Waals surface area contributed by atoms with Gasteiger partial charge in [-0.1, -0.05) is 6.92 Å². The van der Waals surface area contributed by atoms with Crippen LogP contribution in [0.25, 0.3) is 0 Å². The molecule has 0 aromatic carbocycles. The number of nitrogens with zero attached hydrogens (tertiary/aromatic N) is 1. The van der Waals surface area contributed by atoms with Crippen LogP contribution < -0.4 is 0 Å². The quantitative estimate of drug-likeness (QED) is 0.751. The second-order valence-corrected chi connectivity index (χ2v) is 4.78. The van der Waals surface area contributed by atoms with Crippen LogP contribution in [0.1, 0.15) is 47.1 Å². The van der Waals surface area contributed by atoms with E-state index in [-0.39, 0.29) is 0 Å². The number of aldehydes is 1. The van der Waals surface area contributed by atoms with E-state index in [1.165, 1.54) is 11.3 Å². The van der Waals surface area contributed by atoms with Gasteiger partial charge in [0.25, 0.3) is 0 Å². The average molecular weight is 235 g/mol. The Morgan fingerprint density at radius 3 is 2.65 bits per heavy atom. The Balaban J connectivity index is 2.32. The topological polar surface area (TPSA) is 31.2 Å². The third-order valence-corrected chi connectivity index (χ3v) is 3.84. The van der Waals surface area contributed by atoms with Crippen molar-refractivity contribution in [3.05, 3.63) is 22.5 Å². The normalized spacial score (nSPS) is 19.8. The fourth-order valence-electron chi connectivity index (χ4n) is 2.84. The summed E-state index contributed by atoms with van der Waals surface area (Å²) in [5.74, 6) is 0. The van der Waals surface area contributed by atoms with Gasteiger partial charge in [0.2, 0.25) is 0 Å². The zero-order valence-corrected chi connectivity index (χ0v) is 11.0. The summed E-state index contributed by atoms with van der Waals surface area (Å²) < 4.78 is 7.92. The fraction of sp³-hybridized carbons (Fsp3) is 0.643. The van der Waals surface area contributed by atoms with Gasteiger partial charge >= 0.3 is 0 Å². The fourth-order valence-corrected chi connectivity index (χ4v) is 2.84. The zero-order chi connectivity index (χ0) is 12.4. The van der Waals surface area contributed by atoms with Gasteiger partial charge in [-0.2, -0.15) is 0 Å². The SMILES string of the molecule is CCc1c(C=O)c(C)n(C[C@H]2CCCO2)c1C. The van der Waals surface area contributed by atoms with Gasteiger partial charge < -0.3 is 9.30 Å². The van der Waals surface area contributed by atoms with E-state index in [0.717, 1.165) is 50.0 Å². The Morgan fingerprint density at radius 2 is 2.18 bits per heavy atom. The number of ether oxygens (including phenoxy) is 1. The second kappa shape index (κ2) is 5.05. The minimum atomic E-state index is 0.323. The number of hydrogen-bond donors (Lipinski definition) is 0. The molecule has 1 aliphatic heterocycles. The maximum absolute atomic E-state index is 11.2. The summed E-state index contributed by atoms with van der Waals surface area (Å²) in [6.45, 7) is 8.01. The lowest BCUT2D eigenvalue weighted by Crippen LogP contribution is -2.17. The number of aromatic nitrogens is 1. The molecule has 0 unspecified atom stereocenters. The molecule has 17 heavy (non-hydrogen) atoms. The summed E-state index contributed by atoms with van der Waals surface area (Å²) >= 11 is 0. The van der Waals surface area contributed by atoms with E-state index in [4.69, 9.17) is 4.74 Å². The van der Waals surface area contributed by atoms with Gasteiger partial charge in [-0.25, -0.2) is 0 Å². The van der Waals surface area contributed by atoms with Crippen LogP contribution in [-0.2, 0) is 17.7 Å². The first-order valence-electron chi connectivity index (χ1n) is 6.44. The van der Waals surface area contributed by atoms with Gasteiger partial charge in [0.15, 0.2) is 6.29 Å². The van der Waals surface area contributed by atoms with Crippen LogP contribution in [-0.4, -0.2) is 23.6 Å². The third kappa shape index (κ3) is 2.16. The minimum absolute atomic E-state index is 0.323. The molecule has 0 aliphatic carbocycles. The molecule has 2 rings (SSSR count). The molecular formula is C14H21NO2. The van der Waals surface area contributed by atoms with Crippen molar-refractivity contribution in [3.8, 4) is 0 Å². The molecule has 0 N–H and O–H groups in total. The van der Waals surface area contributed by atoms with E-state index in [1.807, 2.05) is 6.92 Å². The van der Waals surface area contributed by atoms with Crippen molar-refractivity contribution < 1.29 is 9.53 Å². The molecule has 3 nitrogen and oxygen atoms in total. The van der Waals surface area contributed by atoms with Gasteiger partial charge in [0.05, 0.1) is 6.10 Å². The number of hydrogen-bond acceptors (Lipinski definition) is 2. The lowest BCUT2D eigenvalue weighted by atomic mass is 10.1. The van der Waals surface area contributed by atoms with E-state index < -0.39 is 0 Å². The molecule has 1 atom stereocenters. The predicted molar refractivity (Wildman–Crippen MR) is 67.6 cm³/mol. The van der Waals surface area contributed by atoms with Crippen molar-refractivity contribution in [2.75, 3.05) is 6.61 Å². The third-order valence-electron chi connectivity index (χ3n) is 3.84. The molecule has 1 aromatic rings. The van der Waals surface area contributed by atoms with Crippen molar-refractivity contribution in [1.29, 1.82) is 0 Å². The first-order chi connectivity index (χ1) is 8.19. The smallest absolute Gasteiger partial charge is 0.152 e. The van der Waals surface area contributed by atoms with Crippen LogP contribution in [0.15, 0.2) is 0 Å². The van der Waals surface area contributed by atoms with Crippen LogP contribution in [0.2, 0.25) is 0 Å². The standard InChI is InChI=1S/C14H21NO2/c1-4-13-10(2)15(11(3)14(13)9-16)8-12-6-5-7-17-12/h9,12H,4-8H2,1-3H3/t12-/m1/s1. The first-order valence-corrected chi connectivity index (χ1v) is 6.44. The summed E-state index contributed by atoms with van der Waals surface area (Å²) in [6, 6.07) is 0. The Morgan fingerprint density at radius 1 is 1.41 bits per heavy atom. The first kappa shape index (κ1) is 12.4. The average Bonchev–Trinajstić information content (AvgIpc) is 2.90. The summed E-state index contributed by atoms with van der Waals surface area (Å²) in [6.07, 6.45) is 4.52. The molecule has 1 aliphatic rings. The molecule has 1 saturated heterocycles. The van der Waals surface area contributed by atoms with E-state index in [0.29, 0.717) is 6.10 Å². The molecule has 0 saturated carbocycles. The molecule has 94 valence electrons. The molecule has 3 heteroatoms. The Kier molecular flexibility index (Phi) is 3.67. The van der Waals surface area contributed by atoms with Gasteiger partial charge in [0, 0.05) is 30.1 Å². The van der Waals surface area contributed by atoms with Gasteiger partial charge in [-0.3, -0.25) is 4.79 Å². The maximum atomic E-state index is 11.2. The highest BCUT2D eigenvalue weighted by molar-refractivity contribution is 5.80. The number of rotatable bonds is 4. The molecule has 0 amide bonds. The maximum Gasteiger partial charge on any atom is 0.152 e. The van der Waals surface area contributed by atoms with Crippen molar-refractivity contribution in [3.63, 3.8) is 0 Å². The summed E-state index contributed by atoms with van der Waals surface area (Å²) in [5, 5.41) is 0. The number of carbonyl (C=O) groups is 1. The van der Waals surface area contributed by atoms with Crippen molar-refractivity contribution in [2.45, 2.75) is 52.7 Å². The molecule has 2 heterocycles. The van der Waals surface area contributed by atoms with E-state index in [1.54, 1.807) is 0 Å².